The number of methoxy groups -OCH3 is 1. The number of sulfone groups is 1. The molecular formula is C16H21N3O5S2. The SMILES string of the molecule is COC(=O)CNC(=S)N1CCCN1C(=O)Cc1ccc(S(C)(=O)=O)cc1. The van der Waals surface area contributed by atoms with Gasteiger partial charge in [-0.2, -0.15) is 0 Å². The Hall–Kier alpha value is -2.20. The molecule has 1 aliphatic heterocycles. The van der Waals surface area contributed by atoms with Crippen molar-refractivity contribution in [3.05, 3.63) is 29.8 Å². The Morgan fingerprint density at radius 2 is 1.81 bits per heavy atom. The summed E-state index contributed by atoms with van der Waals surface area (Å²) in [5.41, 5.74) is 0.711. The molecule has 1 saturated heterocycles. The molecule has 10 heteroatoms. The number of carbonyl (C=O) groups excluding carboxylic acids is 2. The molecule has 0 saturated carbocycles. The topological polar surface area (TPSA) is 96.0 Å². The van der Waals surface area contributed by atoms with E-state index < -0.39 is 15.8 Å². The molecule has 1 aliphatic rings. The minimum atomic E-state index is -3.27. The number of nitrogens with zero attached hydrogens (tertiary/aromatic N) is 2. The van der Waals surface area contributed by atoms with E-state index in [1.165, 1.54) is 24.3 Å². The third kappa shape index (κ3) is 5.15. The van der Waals surface area contributed by atoms with Crippen LogP contribution in [0.2, 0.25) is 0 Å². The van der Waals surface area contributed by atoms with Gasteiger partial charge in [-0.1, -0.05) is 12.1 Å². The Bertz CT molecular complexity index is 793. The maximum atomic E-state index is 12.6. The third-order valence-electron chi connectivity index (χ3n) is 3.87. The standard InChI is InChI=1S/C16H21N3O5S2/c1-24-15(21)11-17-16(25)19-9-3-8-18(19)14(20)10-12-4-6-13(7-5-12)26(2,22)23/h4-7H,3,8-11H2,1-2H3,(H,17,25). The first-order valence-corrected chi connectivity index (χ1v) is 10.2. The first kappa shape index (κ1) is 20.1. The van der Waals surface area contributed by atoms with Crippen LogP contribution < -0.4 is 5.32 Å². The second-order valence-corrected chi connectivity index (χ2v) is 8.22. The van der Waals surface area contributed by atoms with Gasteiger partial charge < -0.3 is 10.1 Å². The van der Waals surface area contributed by atoms with Gasteiger partial charge in [0.15, 0.2) is 14.9 Å². The molecule has 0 aromatic heterocycles. The average Bonchev–Trinajstić information content (AvgIpc) is 3.09. The number of benzene rings is 1. The van der Waals surface area contributed by atoms with Crippen LogP contribution in [0.4, 0.5) is 0 Å². The van der Waals surface area contributed by atoms with Crippen LogP contribution in [0.15, 0.2) is 29.2 Å². The van der Waals surface area contributed by atoms with Crippen molar-refractivity contribution in [1.29, 1.82) is 0 Å². The first-order valence-electron chi connectivity index (χ1n) is 7.94. The van der Waals surface area contributed by atoms with E-state index >= 15 is 0 Å². The highest BCUT2D eigenvalue weighted by molar-refractivity contribution is 7.90. The van der Waals surface area contributed by atoms with E-state index in [1.54, 1.807) is 17.1 Å². The van der Waals surface area contributed by atoms with E-state index in [9.17, 15) is 18.0 Å². The first-order chi connectivity index (χ1) is 12.2. The molecule has 26 heavy (non-hydrogen) atoms. The van der Waals surface area contributed by atoms with Gasteiger partial charge in [-0.15, -0.1) is 0 Å². The lowest BCUT2D eigenvalue weighted by Gasteiger charge is -2.30. The number of thiocarbonyl (C=S) groups is 1. The Morgan fingerprint density at radius 3 is 2.38 bits per heavy atom. The summed E-state index contributed by atoms with van der Waals surface area (Å²) in [4.78, 5) is 24.0. The van der Waals surface area contributed by atoms with Crippen molar-refractivity contribution in [3.8, 4) is 0 Å². The normalized spacial score (nSPS) is 14.2. The maximum absolute atomic E-state index is 12.6. The van der Waals surface area contributed by atoms with Gasteiger partial charge in [-0.3, -0.25) is 19.6 Å². The van der Waals surface area contributed by atoms with E-state index in [0.29, 0.717) is 18.7 Å². The summed E-state index contributed by atoms with van der Waals surface area (Å²) < 4.78 is 27.5. The molecule has 1 aromatic rings. The van der Waals surface area contributed by atoms with E-state index in [0.717, 1.165) is 12.7 Å². The lowest BCUT2D eigenvalue weighted by atomic mass is 10.1. The van der Waals surface area contributed by atoms with Crippen molar-refractivity contribution >= 4 is 39.0 Å². The van der Waals surface area contributed by atoms with Crippen molar-refractivity contribution in [2.45, 2.75) is 17.7 Å². The Labute approximate surface area is 158 Å². The summed E-state index contributed by atoms with van der Waals surface area (Å²) >= 11 is 5.25. The maximum Gasteiger partial charge on any atom is 0.325 e. The molecule has 142 valence electrons. The third-order valence-corrected chi connectivity index (χ3v) is 5.36. The number of esters is 1. The van der Waals surface area contributed by atoms with Gasteiger partial charge in [0, 0.05) is 19.3 Å². The van der Waals surface area contributed by atoms with Crippen LogP contribution in [0.1, 0.15) is 12.0 Å². The molecule has 1 N–H and O–H groups in total. The Balaban J connectivity index is 1.99. The van der Waals surface area contributed by atoms with Crippen LogP contribution in [0.3, 0.4) is 0 Å². The largest absolute Gasteiger partial charge is 0.468 e. The van der Waals surface area contributed by atoms with Crippen LogP contribution in [0.5, 0.6) is 0 Å². The molecule has 0 radical (unpaired) electrons. The summed E-state index contributed by atoms with van der Waals surface area (Å²) in [5.74, 6) is -0.604. The number of amides is 1. The number of carbonyl (C=O) groups is 2. The number of hydrazine groups is 1. The predicted octanol–water partition coefficient (Wildman–Crippen LogP) is 0.129. The summed E-state index contributed by atoms with van der Waals surface area (Å²) in [5, 5.41) is 6.23. The van der Waals surface area contributed by atoms with E-state index in [-0.39, 0.29) is 28.9 Å². The molecule has 0 unspecified atom stereocenters. The van der Waals surface area contributed by atoms with Gasteiger partial charge in [0.05, 0.1) is 18.4 Å². The molecule has 1 aromatic carbocycles. The molecule has 2 rings (SSSR count). The van der Waals surface area contributed by atoms with Crippen LogP contribution >= 0.6 is 12.2 Å². The number of hydrogen-bond acceptors (Lipinski definition) is 6. The summed E-state index contributed by atoms with van der Waals surface area (Å²) in [6.07, 6.45) is 2.02. The molecular weight excluding hydrogens is 378 g/mol. The zero-order chi connectivity index (χ0) is 19.3. The average molecular weight is 399 g/mol. The van der Waals surface area contributed by atoms with Crippen molar-refractivity contribution in [1.82, 2.24) is 15.3 Å². The second kappa shape index (κ2) is 8.45. The fourth-order valence-corrected chi connectivity index (χ4v) is 3.41. The molecule has 0 spiro atoms. The van der Waals surface area contributed by atoms with Crippen molar-refractivity contribution < 1.29 is 22.7 Å². The highest BCUT2D eigenvalue weighted by Gasteiger charge is 2.28. The fourth-order valence-electron chi connectivity index (χ4n) is 2.51. The minimum Gasteiger partial charge on any atom is -0.468 e. The van der Waals surface area contributed by atoms with Crippen molar-refractivity contribution in [2.75, 3.05) is 33.0 Å². The zero-order valence-electron chi connectivity index (χ0n) is 14.6. The number of nitrogens with one attached hydrogen (secondary N) is 1. The summed E-state index contributed by atoms with van der Waals surface area (Å²) in [6.45, 7) is 1.03. The van der Waals surface area contributed by atoms with E-state index in [2.05, 4.69) is 10.1 Å². The van der Waals surface area contributed by atoms with Crippen LogP contribution in [0, 0.1) is 0 Å². The van der Waals surface area contributed by atoms with Gasteiger partial charge in [-0.05, 0) is 36.3 Å². The van der Waals surface area contributed by atoms with Crippen LogP contribution in [-0.2, 0) is 30.6 Å². The monoisotopic (exact) mass is 399 g/mol. The minimum absolute atomic E-state index is 0.0686. The lowest BCUT2D eigenvalue weighted by molar-refractivity contribution is -0.139. The zero-order valence-corrected chi connectivity index (χ0v) is 16.2. The van der Waals surface area contributed by atoms with Gasteiger partial charge in [0.1, 0.15) is 6.54 Å². The van der Waals surface area contributed by atoms with E-state index in [1.807, 2.05) is 0 Å². The Morgan fingerprint density at radius 1 is 1.19 bits per heavy atom. The van der Waals surface area contributed by atoms with E-state index in [4.69, 9.17) is 12.2 Å². The van der Waals surface area contributed by atoms with Gasteiger partial charge in [-0.25, -0.2) is 8.42 Å². The van der Waals surface area contributed by atoms with Crippen LogP contribution in [-0.4, -0.2) is 68.4 Å². The molecule has 0 atom stereocenters. The second-order valence-electron chi connectivity index (χ2n) is 5.82. The molecule has 8 nitrogen and oxygen atoms in total. The van der Waals surface area contributed by atoms with Crippen molar-refractivity contribution in [2.24, 2.45) is 0 Å². The number of rotatable bonds is 5. The molecule has 0 aliphatic carbocycles. The predicted molar refractivity (Wildman–Crippen MR) is 98.9 cm³/mol. The highest BCUT2D eigenvalue weighted by atomic mass is 32.2. The smallest absolute Gasteiger partial charge is 0.325 e. The quantitative estimate of drug-likeness (QED) is 0.551. The van der Waals surface area contributed by atoms with Gasteiger partial charge >= 0.3 is 5.97 Å². The summed E-state index contributed by atoms with van der Waals surface area (Å²) in [7, 11) is -1.98. The summed E-state index contributed by atoms with van der Waals surface area (Å²) in [6, 6.07) is 6.23. The lowest BCUT2D eigenvalue weighted by Crippen LogP contribution is -2.50. The molecule has 1 fully saturated rings. The van der Waals surface area contributed by atoms with Crippen LogP contribution in [0.25, 0.3) is 0 Å². The van der Waals surface area contributed by atoms with Crippen molar-refractivity contribution in [3.63, 3.8) is 0 Å². The fraction of sp³-hybridized carbons (Fsp3) is 0.438. The molecule has 0 bridgehead atoms. The number of hydrogen-bond donors (Lipinski definition) is 1. The molecule has 1 amide bonds. The molecule has 1 heterocycles. The highest BCUT2D eigenvalue weighted by Crippen LogP contribution is 2.15. The van der Waals surface area contributed by atoms with Gasteiger partial charge in [0.2, 0.25) is 5.91 Å². The number of ether oxygens (including phenoxy) is 1. The Kier molecular flexibility index (Phi) is 6.54. The van der Waals surface area contributed by atoms with Gasteiger partial charge in [0.25, 0.3) is 0 Å².